The lowest BCUT2D eigenvalue weighted by Gasteiger charge is -2.04. The number of nitrogens with one attached hydrogen (secondary N) is 1. The average Bonchev–Trinajstić information content (AvgIpc) is 3.16. The Balaban J connectivity index is 1.74. The predicted molar refractivity (Wildman–Crippen MR) is 70.9 cm³/mol. The summed E-state index contributed by atoms with van der Waals surface area (Å²) in [6.45, 7) is 2.84. The van der Waals surface area contributed by atoms with Gasteiger partial charge in [0.1, 0.15) is 0 Å². The zero-order chi connectivity index (χ0) is 13.4. The summed E-state index contributed by atoms with van der Waals surface area (Å²) in [4.78, 5) is 23.3. The summed E-state index contributed by atoms with van der Waals surface area (Å²) >= 11 is 0. The van der Waals surface area contributed by atoms with Crippen LogP contribution in [-0.4, -0.2) is 17.0 Å². The normalized spacial score (nSPS) is 14.8. The van der Waals surface area contributed by atoms with Crippen LogP contribution in [0.2, 0.25) is 0 Å². The van der Waals surface area contributed by atoms with Gasteiger partial charge in [-0.1, -0.05) is 6.07 Å². The number of carbonyl (C=O) groups excluding carboxylic acids is 1. The third kappa shape index (κ3) is 2.41. The second kappa shape index (κ2) is 4.57. The van der Waals surface area contributed by atoms with Gasteiger partial charge in [0.2, 0.25) is 5.91 Å². The van der Waals surface area contributed by atoms with Crippen molar-refractivity contribution in [3.05, 3.63) is 34.3 Å². The van der Waals surface area contributed by atoms with Crippen molar-refractivity contribution in [1.29, 1.82) is 0 Å². The molecule has 5 nitrogen and oxygen atoms in total. The lowest BCUT2D eigenvalue weighted by molar-refractivity contribution is -0.122. The van der Waals surface area contributed by atoms with E-state index in [0.29, 0.717) is 18.7 Å². The fraction of sp³-hybridized carbons (Fsp3) is 0.429. The first-order chi connectivity index (χ1) is 9.15. The number of hydrogen-bond donors (Lipinski definition) is 1. The van der Waals surface area contributed by atoms with Crippen molar-refractivity contribution in [2.75, 3.05) is 6.54 Å². The van der Waals surface area contributed by atoms with Crippen LogP contribution >= 0.6 is 0 Å². The molecular weight excluding hydrogens is 244 g/mol. The largest absolute Gasteiger partial charge is 0.420 e. The number of benzene rings is 1. The fourth-order valence-electron chi connectivity index (χ4n) is 2.17. The molecule has 1 aromatic heterocycles. The Labute approximate surface area is 110 Å². The number of rotatable bonds is 4. The molecule has 0 atom stereocenters. The van der Waals surface area contributed by atoms with E-state index >= 15 is 0 Å². The van der Waals surface area contributed by atoms with E-state index in [1.807, 2.05) is 25.1 Å². The molecule has 5 heteroatoms. The number of carbonyl (C=O) groups is 1. The Morgan fingerprint density at radius 3 is 3.00 bits per heavy atom. The van der Waals surface area contributed by atoms with Crippen molar-refractivity contribution in [2.24, 2.45) is 5.92 Å². The molecule has 0 aliphatic heterocycles. The van der Waals surface area contributed by atoms with Crippen molar-refractivity contribution in [2.45, 2.75) is 26.3 Å². The molecule has 0 bridgehead atoms. The smallest absolute Gasteiger partial charge is 0.408 e. The summed E-state index contributed by atoms with van der Waals surface area (Å²) in [6, 6.07) is 5.66. The molecule has 1 N–H and O–H groups in total. The molecule has 2 aromatic rings. The SMILES string of the molecule is Cc1ccc2c(c1)oc(=O)n2CCNC(=O)C1CC1. The summed E-state index contributed by atoms with van der Waals surface area (Å²) in [6.07, 6.45) is 1.97. The lowest BCUT2D eigenvalue weighted by Crippen LogP contribution is -2.30. The number of hydrogen-bond acceptors (Lipinski definition) is 3. The van der Waals surface area contributed by atoms with Gasteiger partial charge in [0, 0.05) is 19.0 Å². The third-order valence-corrected chi connectivity index (χ3v) is 3.41. The Hall–Kier alpha value is -2.04. The Morgan fingerprint density at radius 2 is 2.26 bits per heavy atom. The third-order valence-electron chi connectivity index (χ3n) is 3.41. The van der Waals surface area contributed by atoms with Gasteiger partial charge < -0.3 is 9.73 Å². The quantitative estimate of drug-likeness (QED) is 0.904. The first kappa shape index (κ1) is 12.0. The molecule has 1 amide bonds. The zero-order valence-corrected chi connectivity index (χ0v) is 10.8. The summed E-state index contributed by atoms with van der Waals surface area (Å²) in [7, 11) is 0. The molecule has 100 valence electrons. The Morgan fingerprint density at radius 1 is 1.47 bits per heavy atom. The van der Waals surface area contributed by atoms with E-state index in [0.717, 1.165) is 23.9 Å². The molecule has 3 rings (SSSR count). The highest BCUT2D eigenvalue weighted by molar-refractivity contribution is 5.80. The monoisotopic (exact) mass is 260 g/mol. The van der Waals surface area contributed by atoms with Gasteiger partial charge in [-0.15, -0.1) is 0 Å². The molecule has 19 heavy (non-hydrogen) atoms. The van der Waals surface area contributed by atoms with Crippen LogP contribution in [0.3, 0.4) is 0 Å². The minimum absolute atomic E-state index is 0.0942. The predicted octanol–water partition coefficient (Wildman–Crippen LogP) is 1.43. The van der Waals surface area contributed by atoms with E-state index in [2.05, 4.69) is 5.32 Å². The minimum atomic E-state index is -0.374. The summed E-state index contributed by atoms with van der Waals surface area (Å²) in [5, 5.41) is 2.85. The average molecular weight is 260 g/mol. The van der Waals surface area contributed by atoms with Crippen LogP contribution in [0.15, 0.2) is 27.4 Å². The summed E-state index contributed by atoms with van der Waals surface area (Å²) in [5.41, 5.74) is 2.42. The molecule has 0 unspecified atom stereocenters. The van der Waals surface area contributed by atoms with Gasteiger partial charge in [-0.05, 0) is 37.5 Å². The van der Waals surface area contributed by atoms with E-state index in [9.17, 15) is 9.59 Å². The van der Waals surface area contributed by atoms with Crippen LogP contribution in [0.5, 0.6) is 0 Å². The molecule has 0 saturated heterocycles. The van der Waals surface area contributed by atoms with Crippen molar-refractivity contribution >= 4 is 17.0 Å². The molecule has 0 radical (unpaired) electrons. The van der Waals surface area contributed by atoms with Crippen molar-refractivity contribution < 1.29 is 9.21 Å². The minimum Gasteiger partial charge on any atom is -0.408 e. The Kier molecular flexibility index (Phi) is 2.89. The first-order valence-electron chi connectivity index (χ1n) is 6.53. The van der Waals surface area contributed by atoms with Crippen molar-refractivity contribution in [1.82, 2.24) is 9.88 Å². The van der Waals surface area contributed by atoms with Crippen molar-refractivity contribution in [3.63, 3.8) is 0 Å². The van der Waals surface area contributed by atoms with Crippen LogP contribution in [0, 0.1) is 12.8 Å². The number of nitrogens with zero attached hydrogens (tertiary/aromatic N) is 1. The number of fused-ring (bicyclic) bond motifs is 1. The second-order valence-corrected chi connectivity index (χ2v) is 5.06. The summed E-state index contributed by atoms with van der Waals surface area (Å²) < 4.78 is 6.75. The van der Waals surface area contributed by atoms with Gasteiger partial charge in [0.05, 0.1) is 5.52 Å². The molecule has 1 aliphatic carbocycles. The maximum Gasteiger partial charge on any atom is 0.420 e. The van der Waals surface area contributed by atoms with Gasteiger partial charge in [-0.25, -0.2) is 4.79 Å². The highest BCUT2D eigenvalue weighted by atomic mass is 16.4. The van der Waals surface area contributed by atoms with Gasteiger partial charge in [-0.3, -0.25) is 9.36 Å². The van der Waals surface area contributed by atoms with Crippen molar-refractivity contribution in [3.8, 4) is 0 Å². The topological polar surface area (TPSA) is 64.2 Å². The van der Waals surface area contributed by atoms with Crippen LogP contribution in [0.25, 0.3) is 11.1 Å². The first-order valence-corrected chi connectivity index (χ1v) is 6.53. The molecule has 1 saturated carbocycles. The number of aromatic nitrogens is 1. The molecule has 1 fully saturated rings. The molecule has 0 spiro atoms. The highest BCUT2D eigenvalue weighted by Gasteiger charge is 2.29. The number of aryl methyl sites for hydroxylation is 1. The number of oxazole rings is 1. The molecular formula is C14H16N2O3. The number of amides is 1. The fourth-order valence-corrected chi connectivity index (χ4v) is 2.17. The van der Waals surface area contributed by atoms with E-state index in [4.69, 9.17) is 4.42 Å². The van der Waals surface area contributed by atoms with Gasteiger partial charge in [0.25, 0.3) is 0 Å². The molecule has 1 aromatic carbocycles. The Bertz CT molecular complexity index is 680. The second-order valence-electron chi connectivity index (χ2n) is 5.06. The van der Waals surface area contributed by atoms with E-state index < -0.39 is 0 Å². The summed E-state index contributed by atoms with van der Waals surface area (Å²) in [5.74, 6) is -0.0848. The van der Waals surface area contributed by atoms with Crippen LogP contribution < -0.4 is 11.1 Å². The highest BCUT2D eigenvalue weighted by Crippen LogP contribution is 2.28. The van der Waals surface area contributed by atoms with Crippen LogP contribution in [-0.2, 0) is 11.3 Å². The van der Waals surface area contributed by atoms with Crippen LogP contribution in [0.1, 0.15) is 18.4 Å². The van der Waals surface area contributed by atoms with E-state index in [1.165, 1.54) is 0 Å². The van der Waals surface area contributed by atoms with E-state index in [-0.39, 0.29) is 17.6 Å². The molecule has 1 aliphatic rings. The maximum atomic E-state index is 11.8. The maximum absolute atomic E-state index is 11.8. The van der Waals surface area contributed by atoms with E-state index in [1.54, 1.807) is 4.57 Å². The van der Waals surface area contributed by atoms with Gasteiger partial charge in [-0.2, -0.15) is 0 Å². The zero-order valence-electron chi connectivity index (χ0n) is 10.8. The van der Waals surface area contributed by atoms with Crippen LogP contribution in [0.4, 0.5) is 0 Å². The van der Waals surface area contributed by atoms with Gasteiger partial charge in [0.15, 0.2) is 5.58 Å². The lowest BCUT2D eigenvalue weighted by atomic mass is 10.2. The standard InChI is InChI=1S/C14H16N2O3/c1-9-2-5-11-12(8-9)19-14(18)16(11)7-6-15-13(17)10-3-4-10/h2,5,8,10H,3-4,6-7H2,1H3,(H,15,17). The van der Waals surface area contributed by atoms with Gasteiger partial charge >= 0.3 is 5.76 Å². The molecule has 1 heterocycles.